The molecule has 3 aromatic heterocycles. The van der Waals surface area contributed by atoms with E-state index in [4.69, 9.17) is 11.6 Å². The molecular weight excluding hydrogens is 365 g/mol. The van der Waals surface area contributed by atoms with Crippen molar-refractivity contribution in [2.75, 3.05) is 6.26 Å². The lowest BCUT2D eigenvalue weighted by molar-refractivity contribution is 0.627. The van der Waals surface area contributed by atoms with Gasteiger partial charge in [0.25, 0.3) is 11.3 Å². The van der Waals surface area contributed by atoms with Crippen LogP contribution in [0.2, 0.25) is 5.02 Å². The van der Waals surface area contributed by atoms with Gasteiger partial charge in [0, 0.05) is 6.20 Å². The second kappa shape index (κ2) is 5.82. The summed E-state index contributed by atoms with van der Waals surface area (Å²) in [7, 11) is 0. The number of aromatic nitrogens is 5. The topological polar surface area (TPSA) is 65.1 Å². The van der Waals surface area contributed by atoms with Crippen LogP contribution >= 0.6 is 23.4 Å². The molecule has 0 amide bonds. The summed E-state index contributed by atoms with van der Waals surface area (Å²) >= 11 is 7.23. The maximum atomic E-state index is 13.4. The van der Waals surface area contributed by atoms with E-state index in [1.165, 1.54) is 34.5 Å². The van der Waals surface area contributed by atoms with Gasteiger partial charge in [-0.1, -0.05) is 23.4 Å². The number of hydrogen-bond acceptors (Lipinski definition) is 5. The van der Waals surface area contributed by atoms with E-state index in [9.17, 15) is 9.18 Å². The molecule has 4 rings (SSSR count). The van der Waals surface area contributed by atoms with Gasteiger partial charge in [-0.05, 0) is 37.4 Å². The normalized spacial score (nSPS) is 11.5. The van der Waals surface area contributed by atoms with Gasteiger partial charge in [-0.2, -0.15) is 9.50 Å². The van der Waals surface area contributed by atoms with Gasteiger partial charge in [0.2, 0.25) is 5.16 Å². The third-order valence-electron chi connectivity index (χ3n) is 3.86. The molecule has 0 radical (unpaired) electrons. The molecule has 0 bridgehead atoms. The zero-order chi connectivity index (χ0) is 17.7. The number of thioether (sulfide) groups is 1. The molecule has 0 aliphatic heterocycles. The fourth-order valence-corrected chi connectivity index (χ4v) is 3.20. The Morgan fingerprint density at radius 2 is 2.04 bits per heavy atom. The summed E-state index contributed by atoms with van der Waals surface area (Å²) in [5.74, 6) is -0.0950. The van der Waals surface area contributed by atoms with Crippen molar-refractivity contribution in [1.29, 1.82) is 0 Å². The minimum atomic E-state index is -0.536. The molecule has 0 saturated carbocycles. The van der Waals surface area contributed by atoms with Crippen molar-refractivity contribution in [2.45, 2.75) is 12.1 Å². The summed E-state index contributed by atoms with van der Waals surface area (Å²) in [5, 5.41) is 5.31. The van der Waals surface area contributed by atoms with Crippen LogP contribution in [0, 0.1) is 12.7 Å². The van der Waals surface area contributed by atoms with E-state index in [1.807, 2.05) is 6.26 Å². The molecule has 0 aliphatic rings. The van der Waals surface area contributed by atoms with Crippen LogP contribution in [0.4, 0.5) is 4.39 Å². The molecule has 0 saturated heterocycles. The monoisotopic (exact) mass is 375 g/mol. The molecular formula is C16H11ClFN5OS. The molecule has 0 spiro atoms. The first-order valence-corrected chi connectivity index (χ1v) is 8.88. The summed E-state index contributed by atoms with van der Waals surface area (Å²) in [5.41, 5.74) is 1.36. The molecule has 6 nitrogen and oxygen atoms in total. The van der Waals surface area contributed by atoms with Crippen LogP contribution in [0.1, 0.15) is 5.69 Å². The Hall–Kier alpha value is -2.45. The predicted octanol–water partition coefficient (Wildman–Crippen LogP) is 3.25. The van der Waals surface area contributed by atoms with Gasteiger partial charge in [0.05, 0.1) is 27.3 Å². The fourth-order valence-electron chi connectivity index (χ4n) is 2.69. The number of halogens is 2. The second-order valence-corrected chi connectivity index (χ2v) is 6.54. The summed E-state index contributed by atoms with van der Waals surface area (Å²) in [6, 6.07) is 5.89. The van der Waals surface area contributed by atoms with Gasteiger partial charge in [0.15, 0.2) is 0 Å². The van der Waals surface area contributed by atoms with Crippen LogP contribution in [-0.4, -0.2) is 30.4 Å². The molecule has 25 heavy (non-hydrogen) atoms. The van der Waals surface area contributed by atoms with Gasteiger partial charge in [-0.15, -0.1) is 5.10 Å². The van der Waals surface area contributed by atoms with E-state index < -0.39 is 5.82 Å². The fraction of sp³-hybridized carbons (Fsp3) is 0.125. The Balaban J connectivity index is 2.05. The van der Waals surface area contributed by atoms with E-state index in [2.05, 4.69) is 15.1 Å². The first kappa shape index (κ1) is 16.0. The van der Waals surface area contributed by atoms with Crippen molar-refractivity contribution in [3.63, 3.8) is 0 Å². The van der Waals surface area contributed by atoms with E-state index in [0.29, 0.717) is 33.2 Å². The van der Waals surface area contributed by atoms with Gasteiger partial charge in [-0.3, -0.25) is 9.36 Å². The Labute approximate surface area is 150 Å². The average Bonchev–Trinajstić information content (AvgIpc) is 3.00. The highest BCUT2D eigenvalue weighted by molar-refractivity contribution is 7.98. The zero-order valence-corrected chi connectivity index (χ0v) is 14.8. The molecule has 0 fully saturated rings. The Morgan fingerprint density at radius 1 is 1.24 bits per heavy atom. The van der Waals surface area contributed by atoms with Gasteiger partial charge in [-0.25, -0.2) is 9.37 Å². The molecule has 0 aliphatic carbocycles. The maximum absolute atomic E-state index is 13.4. The first-order valence-electron chi connectivity index (χ1n) is 7.28. The van der Waals surface area contributed by atoms with Crippen molar-refractivity contribution in [3.8, 4) is 5.69 Å². The molecule has 3 heterocycles. The highest BCUT2D eigenvalue weighted by Crippen LogP contribution is 2.21. The van der Waals surface area contributed by atoms with Crippen molar-refractivity contribution < 1.29 is 4.39 Å². The third kappa shape index (κ3) is 2.49. The number of benzene rings is 1. The smallest absolute Gasteiger partial charge is 0.266 e. The highest BCUT2D eigenvalue weighted by Gasteiger charge is 2.15. The quantitative estimate of drug-likeness (QED) is 0.503. The molecule has 9 heteroatoms. The lowest BCUT2D eigenvalue weighted by Crippen LogP contribution is -2.20. The average molecular weight is 376 g/mol. The number of fused-ring (bicyclic) bond motifs is 3. The minimum Gasteiger partial charge on any atom is -0.284 e. The van der Waals surface area contributed by atoms with E-state index in [1.54, 1.807) is 23.7 Å². The third-order valence-corrected chi connectivity index (χ3v) is 4.69. The lowest BCUT2D eigenvalue weighted by Gasteiger charge is -2.09. The summed E-state index contributed by atoms with van der Waals surface area (Å²) in [6.07, 6.45) is 3.47. The number of pyridine rings is 1. The Kier molecular flexibility index (Phi) is 3.73. The van der Waals surface area contributed by atoms with Crippen molar-refractivity contribution in [2.24, 2.45) is 0 Å². The van der Waals surface area contributed by atoms with Crippen molar-refractivity contribution >= 4 is 40.0 Å². The summed E-state index contributed by atoms with van der Waals surface area (Å²) < 4.78 is 16.3. The van der Waals surface area contributed by atoms with Gasteiger partial charge >= 0.3 is 0 Å². The van der Waals surface area contributed by atoms with Crippen LogP contribution in [0.5, 0.6) is 0 Å². The number of hydrogen-bond donors (Lipinski definition) is 0. The number of aryl methyl sites for hydroxylation is 1. The van der Waals surface area contributed by atoms with Gasteiger partial charge in [0.1, 0.15) is 5.82 Å². The zero-order valence-electron chi connectivity index (χ0n) is 13.2. The summed E-state index contributed by atoms with van der Waals surface area (Å²) in [4.78, 5) is 21.7. The second-order valence-electron chi connectivity index (χ2n) is 5.36. The van der Waals surface area contributed by atoms with E-state index in [-0.39, 0.29) is 10.6 Å². The van der Waals surface area contributed by atoms with E-state index in [0.717, 1.165) is 0 Å². The first-order chi connectivity index (χ1) is 12.0. The SMILES string of the molecule is CSc1nc2nc(C)c3c(=O)n(-c4ccc(F)c(Cl)c4)ccc3n2n1. The van der Waals surface area contributed by atoms with Crippen molar-refractivity contribution in [1.82, 2.24) is 24.1 Å². The predicted molar refractivity (Wildman–Crippen MR) is 95.4 cm³/mol. The number of nitrogens with zero attached hydrogens (tertiary/aromatic N) is 5. The summed E-state index contributed by atoms with van der Waals surface area (Å²) in [6.45, 7) is 1.75. The van der Waals surface area contributed by atoms with Gasteiger partial charge < -0.3 is 0 Å². The van der Waals surface area contributed by atoms with Crippen molar-refractivity contribution in [3.05, 3.63) is 57.3 Å². The number of rotatable bonds is 2. The lowest BCUT2D eigenvalue weighted by atomic mass is 10.2. The van der Waals surface area contributed by atoms with E-state index >= 15 is 0 Å². The van der Waals surface area contributed by atoms with Crippen LogP contribution in [0.25, 0.3) is 22.4 Å². The molecule has 0 unspecified atom stereocenters. The molecule has 1 aromatic carbocycles. The molecule has 4 aromatic rings. The maximum Gasteiger partial charge on any atom is 0.266 e. The largest absolute Gasteiger partial charge is 0.284 e. The Bertz CT molecular complexity index is 1200. The van der Waals surface area contributed by atoms with Crippen LogP contribution in [-0.2, 0) is 0 Å². The Morgan fingerprint density at radius 3 is 2.76 bits per heavy atom. The molecule has 0 N–H and O–H groups in total. The minimum absolute atomic E-state index is 0.0457. The standard InChI is InChI=1S/C16H11ClFN5OS/c1-8-13-12(23-15(19-8)20-16(21-23)25-2)5-6-22(14(13)24)9-3-4-11(18)10(17)7-9/h3-7H,1-2H3. The molecule has 126 valence electrons. The molecule has 0 atom stereocenters. The van der Waals surface area contributed by atoms with Crippen LogP contribution < -0.4 is 5.56 Å². The van der Waals surface area contributed by atoms with Crippen LogP contribution in [0.3, 0.4) is 0 Å². The van der Waals surface area contributed by atoms with Crippen LogP contribution in [0.15, 0.2) is 40.4 Å². The highest BCUT2D eigenvalue weighted by atomic mass is 35.5.